The maximum atomic E-state index is 5.20. The molecule has 186 valence electrons. The van der Waals surface area contributed by atoms with Crippen LogP contribution in [0.3, 0.4) is 0 Å². The summed E-state index contributed by atoms with van der Waals surface area (Å²) in [6.45, 7) is 0. The fourth-order valence-corrected chi connectivity index (χ4v) is 5.09. The molecule has 0 bridgehead atoms. The van der Waals surface area contributed by atoms with Crippen molar-refractivity contribution < 1.29 is 0 Å². The zero-order valence-corrected chi connectivity index (χ0v) is 21.6. The van der Waals surface area contributed by atoms with Crippen molar-refractivity contribution in [1.82, 2.24) is 15.0 Å². The molecule has 0 radical (unpaired) electrons. The summed E-state index contributed by atoms with van der Waals surface area (Å²) in [5.74, 6) is 0.680. The first-order valence-corrected chi connectivity index (χ1v) is 13.2. The van der Waals surface area contributed by atoms with Crippen molar-refractivity contribution in [2.24, 2.45) is 0 Å². The Labute approximate surface area is 233 Å². The van der Waals surface area contributed by atoms with Gasteiger partial charge in [0.2, 0.25) is 0 Å². The minimum absolute atomic E-state index is 0.680. The summed E-state index contributed by atoms with van der Waals surface area (Å²) in [7, 11) is 0. The Balaban J connectivity index is 1.39. The number of nitrogens with zero attached hydrogens (tertiary/aromatic N) is 3. The molecule has 0 fully saturated rings. The number of aromatic nitrogens is 3. The third-order valence-corrected chi connectivity index (χ3v) is 7.11. The maximum Gasteiger partial charge on any atom is 0.160 e. The van der Waals surface area contributed by atoms with Crippen LogP contribution >= 0.6 is 0 Å². The van der Waals surface area contributed by atoms with E-state index in [4.69, 9.17) is 9.97 Å². The van der Waals surface area contributed by atoms with Crippen LogP contribution in [0.15, 0.2) is 140 Å². The van der Waals surface area contributed by atoms with Gasteiger partial charge in [0.1, 0.15) is 0 Å². The maximum absolute atomic E-state index is 5.20. The van der Waals surface area contributed by atoms with E-state index >= 15 is 0 Å². The van der Waals surface area contributed by atoms with Crippen LogP contribution in [-0.2, 0) is 0 Å². The molecule has 0 unspecified atom stereocenters. The van der Waals surface area contributed by atoms with Gasteiger partial charge in [0, 0.05) is 51.6 Å². The van der Waals surface area contributed by atoms with Gasteiger partial charge in [0.25, 0.3) is 0 Å². The van der Waals surface area contributed by atoms with E-state index < -0.39 is 0 Å². The molecule has 0 saturated carbocycles. The van der Waals surface area contributed by atoms with E-state index in [-0.39, 0.29) is 0 Å². The van der Waals surface area contributed by atoms with Gasteiger partial charge in [0.15, 0.2) is 5.82 Å². The molecule has 0 amide bonds. The Bertz CT molecular complexity index is 1920. The second-order valence-electron chi connectivity index (χ2n) is 9.59. The summed E-state index contributed by atoms with van der Waals surface area (Å²) in [6, 6.07) is 47.8. The van der Waals surface area contributed by atoms with Gasteiger partial charge in [-0.1, -0.05) is 103 Å². The largest absolute Gasteiger partial charge is 0.264 e. The number of hydrogen-bond donors (Lipinski definition) is 0. The fourth-order valence-electron chi connectivity index (χ4n) is 5.09. The summed E-state index contributed by atoms with van der Waals surface area (Å²) >= 11 is 0. The zero-order valence-electron chi connectivity index (χ0n) is 21.6. The van der Waals surface area contributed by atoms with E-state index in [1.807, 2.05) is 48.8 Å². The van der Waals surface area contributed by atoms with Gasteiger partial charge < -0.3 is 0 Å². The van der Waals surface area contributed by atoms with Crippen molar-refractivity contribution in [2.75, 3.05) is 0 Å². The number of pyridine rings is 1. The van der Waals surface area contributed by atoms with Crippen molar-refractivity contribution >= 4 is 10.8 Å². The van der Waals surface area contributed by atoms with Crippen LogP contribution in [0.25, 0.3) is 66.8 Å². The molecule has 3 heteroatoms. The predicted molar refractivity (Wildman–Crippen MR) is 162 cm³/mol. The molecule has 0 N–H and O–H groups in total. The van der Waals surface area contributed by atoms with Gasteiger partial charge in [-0.25, -0.2) is 9.97 Å². The Morgan fingerprint density at radius 3 is 2.12 bits per heavy atom. The lowest BCUT2D eigenvalue weighted by Crippen LogP contribution is -1.97. The molecule has 0 aliphatic carbocycles. The summed E-state index contributed by atoms with van der Waals surface area (Å²) in [4.78, 5) is 14.4. The monoisotopic (exact) mass is 509 g/mol. The molecule has 0 aliphatic heterocycles. The molecule has 0 aliphatic rings. The fraction of sp³-hybridized carbons (Fsp3) is 0. The quantitative estimate of drug-likeness (QED) is 0.232. The standard InChI is InChI=1S/C37H23N3/c1-2-9-26(10-3-1)27-18-20-29(21-19-27)36-35(31-14-6-13-30(23-31)32-15-8-22-38-24-32)25-39-37(40-36)34-17-7-12-28-11-4-5-16-33(28)34/h1-3,5-10,12-25H. The van der Waals surface area contributed by atoms with Crippen LogP contribution in [0.4, 0.5) is 0 Å². The molecular weight excluding hydrogens is 486 g/mol. The van der Waals surface area contributed by atoms with Gasteiger partial charge >= 0.3 is 0 Å². The van der Waals surface area contributed by atoms with Crippen LogP contribution in [0.5, 0.6) is 0 Å². The van der Waals surface area contributed by atoms with Crippen LogP contribution in [-0.4, -0.2) is 15.0 Å². The predicted octanol–water partition coefficient (Wildman–Crippen LogP) is 8.96. The van der Waals surface area contributed by atoms with E-state index in [0.29, 0.717) is 5.82 Å². The molecule has 7 rings (SSSR count). The average Bonchev–Trinajstić information content (AvgIpc) is 3.05. The first-order chi connectivity index (χ1) is 19.8. The molecule has 2 heterocycles. The van der Waals surface area contributed by atoms with E-state index in [1.54, 1.807) is 6.20 Å². The Morgan fingerprint density at radius 1 is 0.525 bits per heavy atom. The Kier molecular flexibility index (Phi) is 6.05. The first-order valence-electron chi connectivity index (χ1n) is 13.2. The molecule has 3 nitrogen and oxygen atoms in total. The van der Waals surface area contributed by atoms with Gasteiger partial charge in [-0.05, 0) is 52.6 Å². The first kappa shape index (κ1) is 23.5. The second-order valence-corrected chi connectivity index (χ2v) is 9.59. The van der Waals surface area contributed by atoms with Gasteiger partial charge in [0.05, 0.1) is 5.69 Å². The van der Waals surface area contributed by atoms with Crippen molar-refractivity contribution in [1.29, 1.82) is 0 Å². The summed E-state index contributed by atoms with van der Waals surface area (Å²) in [6.07, 6.45) is 5.62. The lowest BCUT2D eigenvalue weighted by molar-refractivity contribution is 1.19. The average molecular weight is 510 g/mol. The third-order valence-electron chi connectivity index (χ3n) is 7.11. The summed E-state index contributed by atoms with van der Waals surface area (Å²) < 4.78 is 0. The normalized spacial score (nSPS) is 10.8. The highest BCUT2D eigenvalue weighted by atomic mass is 14.9. The van der Waals surface area contributed by atoms with Crippen molar-refractivity contribution in [3.63, 3.8) is 0 Å². The van der Waals surface area contributed by atoms with Crippen molar-refractivity contribution in [3.8, 4) is 56.0 Å². The van der Waals surface area contributed by atoms with Gasteiger partial charge in [-0.15, -0.1) is 0 Å². The van der Waals surface area contributed by atoms with Crippen LogP contribution < -0.4 is 0 Å². The molecule has 7 aromatic rings. The highest BCUT2D eigenvalue weighted by Crippen LogP contribution is 2.36. The number of rotatable bonds is 5. The molecular formula is C37H23N3. The molecule has 5 aromatic carbocycles. The van der Waals surface area contributed by atoms with Crippen LogP contribution in [0, 0.1) is 12.1 Å². The van der Waals surface area contributed by atoms with Gasteiger partial charge in [-0.2, -0.15) is 0 Å². The molecule has 0 saturated heterocycles. The highest BCUT2D eigenvalue weighted by Gasteiger charge is 2.15. The molecule has 0 atom stereocenters. The highest BCUT2D eigenvalue weighted by molar-refractivity contribution is 5.95. The molecule has 2 aromatic heterocycles. The SMILES string of the molecule is c1ccc2c(-c3ncc(-c4cccc(-c5cccnc5)c4)c(-c4ccc(-c5ccccc5)cc4)n3)cccc2c#1. The topological polar surface area (TPSA) is 38.7 Å². The van der Waals surface area contributed by atoms with E-state index in [9.17, 15) is 0 Å². The van der Waals surface area contributed by atoms with Crippen molar-refractivity contribution in [3.05, 3.63) is 152 Å². The smallest absolute Gasteiger partial charge is 0.160 e. The molecule has 0 spiro atoms. The van der Waals surface area contributed by atoms with Crippen LogP contribution in [0.1, 0.15) is 0 Å². The molecule has 40 heavy (non-hydrogen) atoms. The Hall–Kier alpha value is -5.59. The summed E-state index contributed by atoms with van der Waals surface area (Å²) in [5.41, 5.74) is 9.44. The number of fused-ring (bicyclic) bond motifs is 1. The second kappa shape index (κ2) is 10.3. The van der Waals surface area contributed by atoms with Gasteiger partial charge in [-0.3, -0.25) is 4.98 Å². The van der Waals surface area contributed by atoms with Crippen LogP contribution in [0.2, 0.25) is 0 Å². The third kappa shape index (κ3) is 4.49. The summed E-state index contributed by atoms with van der Waals surface area (Å²) in [5, 5.41) is 2.04. The minimum atomic E-state index is 0.680. The number of hydrogen-bond acceptors (Lipinski definition) is 3. The van der Waals surface area contributed by atoms with E-state index in [1.165, 1.54) is 11.1 Å². The minimum Gasteiger partial charge on any atom is -0.264 e. The lowest BCUT2D eigenvalue weighted by atomic mass is 9.96. The number of benzene rings is 4. The zero-order chi connectivity index (χ0) is 26.7. The van der Waals surface area contributed by atoms with Crippen molar-refractivity contribution in [2.45, 2.75) is 0 Å². The van der Waals surface area contributed by atoms with E-state index in [0.717, 1.165) is 49.8 Å². The lowest BCUT2D eigenvalue weighted by Gasteiger charge is -2.14. The Morgan fingerprint density at radius 2 is 1.27 bits per heavy atom. The van der Waals surface area contributed by atoms with E-state index in [2.05, 4.69) is 102 Å².